The van der Waals surface area contributed by atoms with Crippen molar-refractivity contribution in [3.63, 3.8) is 0 Å². The number of nitrogens with zero attached hydrogens (tertiary/aromatic N) is 2. The van der Waals surface area contributed by atoms with Crippen LogP contribution in [0.25, 0.3) is 0 Å². The molecule has 1 aromatic heterocycles. The van der Waals surface area contributed by atoms with Gasteiger partial charge in [0.15, 0.2) is 0 Å². The second-order valence-corrected chi connectivity index (χ2v) is 5.89. The van der Waals surface area contributed by atoms with Crippen LogP contribution in [0.1, 0.15) is 42.3 Å². The first-order valence-electron chi connectivity index (χ1n) is 6.61. The van der Waals surface area contributed by atoms with Crippen LogP contribution in [-0.2, 0) is 5.41 Å². The first kappa shape index (κ1) is 15.0. The van der Waals surface area contributed by atoms with Gasteiger partial charge in [-0.3, -0.25) is 0 Å². The number of hydrogen-bond donors (Lipinski definition) is 1. The van der Waals surface area contributed by atoms with Gasteiger partial charge in [-0.1, -0.05) is 32.9 Å². The predicted octanol–water partition coefficient (Wildman–Crippen LogP) is 3.57. The number of carboxylic acids is 1. The van der Waals surface area contributed by atoms with E-state index in [-0.39, 0.29) is 17.0 Å². The zero-order valence-electron chi connectivity index (χ0n) is 12.5. The Balaban J connectivity index is 2.22. The molecule has 0 spiro atoms. The Morgan fingerprint density at radius 1 is 1.19 bits per heavy atom. The van der Waals surface area contributed by atoms with Crippen molar-refractivity contribution in [2.24, 2.45) is 0 Å². The lowest BCUT2D eigenvalue weighted by molar-refractivity contribution is 0.0696. The summed E-state index contributed by atoms with van der Waals surface area (Å²) in [6.45, 7) is 8.40. The molecule has 0 bridgehead atoms. The molecule has 110 valence electrons. The van der Waals surface area contributed by atoms with E-state index in [4.69, 9.17) is 9.84 Å². The average Bonchev–Trinajstić information content (AvgIpc) is 2.40. The van der Waals surface area contributed by atoms with Gasteiger partial charge >= 0.3 is 12.0 Å². The molecule has 0 radical (unpaired) electrons. The van der Waals surface area contributed by atoms with Gasteiger partial charge in [0.1, 0.15) is 5.75 Å². The SMILES string of the molecule is Cc1cc(C(C)(C)C)ccc1Oc1ncc(C(=O)O)cn1. The van der Waals surface area contributed by atoms with Crippen molar-refractivity contribution in [3.8, 4) is 11.8 Å². The van der Waals surface area contributed by atoms with E-state index in [1.54, 1.807) is 0 Å². The van der Waals surface area contributed by atoms with Gasteiger partial charge in [0.25, 0.3) is 0 Å². The second-order valence-electron chi connectivity index (χ2n) is 5.89. The van der Waals surface area contributed by atoms with Gasteiger partial charge in [-0.05, 0) is 29.5 Å². The number of carboxylic acid groups (broad SMARTS) is 1. The van der Waals surface area contributed by atoms with Gasteiger partial charge in [-0.15, -0.1) is 0 Å². The van der Waals surface area contributed by atoms with Crippen LogP contribution in [0.5, 0.6) is 11.8 Å². The van der Waals surface area contributed by atoms with Crippen LogP contribution in [0, 0.1) is 6.92 Å². The van der Waals surface area contributed by atoms with Crippen LogP contribution in [0.4, 0.5) is 0 Å². The summed E-state index contributed by atoms with van der Waals surface area (Å²) in [7, 11) is 0. The van der Waals surface area contributed by atoms with Crippen molar-refractivity contribution in [2.75, 3.05) is 0 Å². The van der Waals surface area contributed by atoms with E-state index in [0.29, 0.717) is 5.75 Å². The summed E-state index contributed by atoms with van der Waals surface area (Å²) in [5.74, 6) is -0.404. The number of aromatic nitrogens is 2. The normalized spacial score (nSPS) is 11.2. The molecule has 1 aromatic carbocycles. The highest BCUT2D eigenvalue weighted by Gasteiger charge is 2.15. The Labute approximate surface area is 123 Å². The van der Waals surface area contributed by atoms with Crippen molar-refractivity contribution < 1.29 is 14.6 Å². The van der Waals surface area contributed by atoms with Crippen LogP contribution < -0.4 is 4.74 Å². The number of rotatable bonds is 3. The van der Waals surface area contributed by atoms with Gasteiger partial charge in [0.05, 0.1) is 5.56 Å². The monoisotopic (exact) mass is 286 g/mol. The maximum absolute atomic E-state index is 10.7. The summed E-state index contributed by atoms with van der Waals surface area (Å²) < 4.78 is 5.60. The average molecular weight is 286 g/mol. The highest BCUT2D eigenvalue weighted by molar-refractivity contribution is 5.86. The van der Waals surface area contributed by atoms with Crippen molar-refractivity contribution in [3.05, 3.63) is 47.3 Å². The summed E-state index contributed by atoms with van der Waals surface area (Å²) in [5, 5.41) is 8.80. The van der Waals surface area contributed by atoms with Gasteiger partial charge < -0.3 is 9.84 Å². The molecule has 0 atom stereocenters. The lowest BCUT2D eigenvalue weighted by Gasteiger charge is -2.20. The van der Waals surface area contributed by atoms with Crippen LogP contribution in [-0.4, -0.2) is 21.0 Å². The number of benzene rings is 1. The summed E-state index contributed by atoms with van der Waals surface area (Å²) in [6, 6.07) is 6.09. The minimum absolute atomic E-state index is 0.0298. The highest BCUT2D eigenvalue weighted by Crippen LogP contribution is 2.29. The maximum atomic E-state index is 10.7. The molecule has 0 amide bonds. The molecule has 5 nitrogen and oxygen atoms in total. The Kier molecular flexibility index (Phi) is 3.93. The molecule has 0 aliphatic rings. The Hall–Kier alpha value is -2.43. The molecule has 5 heteroatoms. The van der Waals surface area contributed by atoms with E-state index in [0.717, 1.165) is 5.56 Å². The molecule has 0 aliphatic carbocycles. The fraction of sp³-hybridized carbons (Fsp3) is 0.312. The summed E-state index contributed by atoms with van der Waals surface area (Å²) in [5.41, 5.74) is 2.30. The number of hydrogen-bond acceptors (Lipinski definition) is 4. The molecule has 2 rings (SSSR count). The Bertz CT molecular complexity index is 658. The van der Waals surface area contributed by atoms with Crippen LogP contribution in [0.15, 0.2) is 30.6 Å². The molecule has 21 heavy (non-hydrogen) atoms. The lowest BCUT2D eigenvalue weighted by atomic mass is 9.86. The third-order valence-electron chi connectivity index (χ3n) is 3.12. The number of carbonyl (C=O) groups is 1. The van der Waals surface area contributed by atoms with E-state index in [1.165, 1.54) is 18.0 Å². The van der Waals surface area contributed by atoms with Crippen molar-refractivity contribution in [1.29, 1.82) is 0 Å². The molecule has 0 saturated carbocycles. The highest BCUT2D eigenvalue weighted by atomic mass is 16.5. The Morgan fingerprint density at radius 2 is 1.81 bits per heavy atom. The minimum atomic E-state index is -1.06. The number of aromatic carboxylic acids is 1. The molecule has 1 N–H and O–H groups in total. The zero-order valence-corrected chi connectivity index (χ0v) is 12.5. The van der Waals surface area contributed by atoms with E-state index >= 15 is 0 Å². The molecule has 0 saturated heterocycles. The minimum Gasteiger partial charge on any atom is -0.478 e. The number of aryl methyl sites for hydroxylation is 1. The maximum Gasteiger partial charge on any atom is 0.338 e. The topological polar surface area (TPSA) is 72.3 Å². The molecule has 0 aliphatic heterocycles. The third-order valence-corrected chi connectivity index (χ3v) is 3.12. The van der Waals surface area contributed by atoms with E-state index in [2.05, 4.69) is 36.8 Å². The second kappa shape index (κ2) is 5.52. The van der Waals surface area contributed by atoms with E-state index in [1.807, 2.05) is 19.1 Å². The molecular formula is C16H18N2O3. The summed E-state index contributed by atoms with van der Waals surface area (Å²) in [6.07, 6.45) is 2.45. The standard InChI is InChI=1S/C16H18N2O3/c1-10-7-12(16(2,3)4)5-6-13(10)21-15-17-8-11(9-18-15)14(19)20/h5-9H,1-4H3,(H,19,20). The van der Waals surface area contributed by atoms with Gasteiger partial charge in [-0.2, -0.15) is 0 Å². The van der Waals surface area contributed by atoms with Gasteiger partial charge in [-0.25, -0.2) is 14.8 Å². The quantitative estimate of drug-likeness (QED) is 0.933. The fourth-order valence-electron chi connectivity index (χ4n) is 1.81. The van der Waals surface area contributed by atoms with Gasteiger partial charge in [0, 0.05) is 12.4 Å². The summed E-state index contributed by atoms with van der Waals surface area (Å²) >= 11 is 0. The fourth-order valence-corrected chi connectivity index (χ4v) is 1.81. The lowest BCUT2D eigenvalue weighted by Crippen LogP contribution is -2.11. The summed E-state index contributed by atoms with van der Waals surface area (Å²) in [4.78, 5) is 18.5. The van der Waals surface area contributed by atoms with Crippen LogP contribution >= 0.6 is 0 Å². The van der Waals surface area contributed by atoms with E-state index in [9.17, 15) is 4.79 Å². The molecular weight excluding hydrogens is 268 g/mol. The van der Waals surface area contributed by atoms with E-state index < -0.39 is 5.97 Å². The van der Waals surface area contributed by atoms with Crippen LogP contribution in [0.2, 0.25) is 0 Å². The molecule has 0 unspecified atom stereocenters. The predicted molar refractivity (Wildman–Crippen MR) is 78.9 cm³/mol. The molecule has 1 heterocycles. The Morgan fingerprint density at radius 3 is 2.29 bits per heavy atom. The smallest absolute Gasteiger partial charge is 0.338 e. The molecule has 0 fully saturated rings. The van der Waals surface area contributed by atoms with Gasteiger partial charge in [0.2, 0.25) is 0 Å². The number of ether oxygens (including phenoxy) is 1. The van der Waals surface area contributed by atoms with Crippen molar-refractivity contribution in [2.45, 2.75) is 33.1 Å². The first-order chi connectivity index (χ1) is 9.77. The zero-order chi connectivity index (χ0) is 15.6. The van der Waals surface area contributed by atoms with Crippen LogP contribution in [0.3, 0.4) is 0 Å². The van der Waals surface area contributed by atoms with Crippen molar-refractivity contribution >= 4 is 5.97 Å². The first-order valence-corrected chi connectivity index (χ1v) is 6.61. The molecule has 2 aromatic rings. The van der Waals surface area contributed by atoms with Crippen molar-refractivity contribution in [1.82, 2.24) is 9.97 Å². The largest absolute Gasteiger partial charge is 0.478 e. The third kappa shape index (κ3) is 3.56.